The van der Waals surface area contributed by atoms with Crippen molar-refractivity contribution in [2.24, 2.45) is 0 Å². The zero-order valence-corrected chi connectivity index (χ0v) is 15.9. The third-order valence-electron chi connectivity index (χ3n) is 4.90. The molecule has 0 aliphatic carbocycles. The lowest BCUT2D eigenvalue weighted by Gasteiger charge is -2.41. The molecule has 7 heteroatoms. The number of ether oxygens (including phenoxy) is 1. The Labute approximate surface area is 158 Å². The van der Waals surface area contributed by atoms with Crippen molar-refractivity contribution in [3.63, 3.8) is 0 Å². The summed E-state index contributed by atoms with van der Waals surface area (Å²) in [5.74, 6) is 0.271. The van der Waals surface area contributed by atoms with Gasteiger partial charge in [-0.2, -0.15) is 4.39 Å². The number of urea groups is 1. The van der Waals surface area contributed by atoms with Gasteiger partial charge < -0.3 is 19.9 Å². The summed E-state index contributed by atoms with van der Waals surface area (Å²) in [5.41, 5.74) is 1.78. The van der Waals surface area contributed by atoms with Gasteiger partial charge in [-0.25, -0.2) is 9.78 Å². The second-order valence-electron chi connectivity index (χ2n) is 6.77. The van der Waals surface area contributed by atoms with E-state index in [0.29, 0.717) is 19.6 Å². The van der Waals surface area contributed by atoms with Crippen LogP contribution in [0.5, 0.6) is 5.75 Å². The maximum absolute atomic E-state index is 13.4. The molecule has 1 fully saturated rings. The molecule has 1 aromatic carbocycles. The standard InChI is InChI=1S/C20H25FN4O2/c1-14-13-24(17-7-8-22-19(21)12-17)9-10-25(14)20(26)23-15(2)16-5-4-6-18(11-16)27-3/h4-8,11-12,14-15H,9-10,13H2,1-3H3,(H,23,26)/t14-,15-/m1/s1. The van der Waals surface area contributed by atoms with E-state index in [1.165, 1.54) is 12.3 Å². The first-order valence-corrected chi connectivity index (χ1v) is 9.05. The first-order valence-electron chi connectivity index (χ1n) is 9.05. The van der Waals surface area contributed by atoms with Crippen molar-refractivity contribution in [2.45, 2.75) is 25.9 Å². The highest BCUT2D eigenvalue weighted by Crippen LogP contribution is 2.21. The van der Waals surface area contributed by atoms with Crippen LogP contribution in [-0.2, 0) is 0 Å². The Morgan fingerprint density at radius 1 is 1.33 bits per heavy atom. The molecular formula is C20H25FN4O2. The van der Waals surface area contributed by atoms with Crippen LogP contribution in [0.25, 0.3) is 0 Å². The fourth-order valence-corrected chi connectivity index (χ4v) is 3.35. The second-order valence-corrected chi connectivity index (χ2v) is 6.77. The number of methoxy groups -OCH3 is 1. The van der Waals surface area contributed by atoms with Gasteiger partial charge in [-0.1, -0.05) is 12.1 Å². The first kappa shape index (κ1) is 18.9. The number of piperazine rings is 1. The van der Waals surface area contributed by atoms with E-state index in [1.807, 2.05) is 43.0 Å². The summed E-state index contributed by atoms with van der Waals surface area (Å²) < 4.78 is 18.6. The summed E-state index contributed by atoms with van der Waals surface area (Å²) >= 11 is 0. The zero-order valence-electron chi connectivity index (χ0n) is 15.9. The van der Waals surface area contributed by atoms with Crippen LogP contribution in [0.15, 0.2) is 42.6 Å². The highest BCUT2D eigenvalue weighted by Gasteiger charge is 2.28. The predicted molar refractivity (Wildman–Crippen MR) is 103 cm³/mol. The molecule has 2 heterocycles. The molecule has 0 bridgehead atoms. The van der Waals surface area contributed by atoms with E-state index in [2.05, 4.69) is 15.2 Å². The normalized spacial score (nSPS) is 18.1. The summed E-state index contributed by atoms with van der Waals surface area (Å²) in [4.78, 5) is 20.2. The van der Waals surface area contributed by atoms with Crippen LogP contribution >= 0.6 is 0 Å². The molecule has 0 saturated carbocycles. The summed E-state index contributed by atoms with van der Waals surface area (Å²) in [5, 5.41) is 3.05. The van der Waals surface area contributed by atoms with Crippen molar-refractivity contribution in [2.75, 3.05) is 31.6 Å². The maximum Gasteiger partial charge on any atom is 0.318 e. The molecule has 2 atom stereocenters. The lowest BCUT2D eigenvalue weighted by molar-refractivity contribution is 0.168. The average molecular weight is 372 g/mol. The number of amides is 2. The first-order chi connectivity index (χ1) is 13.0. The van der Waals surface area contributed by atoms with E-state index < -0.39 is 5.95 Å². The van der Waals surface area contributed by atoms with Crippen molar-refractivity contribution in [1.29, 1.82) is 0 Å². The van der Waals surface area contributed by atoms with Crippen molar-refractivity contribution < 1.29 is 13.9 Å². The molecule has 3 rings (SSSR count). The molecule has 1 aliphatic heterocycles. The molecule has 0 spiro atoms. The minimum absolute atomic E-state index is 0.00693. The third kappa shape index (κ3) is 4.48. The van der Waals surface area contributed by atoms with E-state index in [4.69, 9.17) is 4.74 Å². The van der Waals surface area contributed by atoms with Gasteiger partial charge in [0, 0.05) is 43.6 Å². The Hall–Kier alpha value is -2.83. The number of anilines is 1. The molecule has 1 aromatic heterocycles. The molecule has 6 nitrogen and oxygen atoms in total. The van der Waals surface area contributed by atoms with Crippen LogP contribution in [0.3, 0.4) is 0 Å². The van der Waals surface area contributed by atoms with E-state index >= 15 is 0 Å². The molecular weight excluding hydrogens is 347 g/mol. The molecule has 2 amide bonds. The molecule has 1 aliphatic rings. The fraction of sp³-hybridized carbons (Fsp3) is 0.400. The van der Waals surface area contributed by atoms with Gasteiger partial charge in [0.15, 0.2) is 0 Å². The number of hydrogen-bond donors (Lipinski definition) is 1. The van der Waals surface area contributed by atoms with Crippen LogP contribution in [0, 0.1) is 5.95 Å². The van der Waals surface area contributed by atoms with Gasteiger partial charge in [-0.15, -0.1) is 0 Å². The number of pyridine rings is 1. The summed E-state index contributed by atoms with van der Waals surface area (Å²) in [6, 6.07) is 10.7. The van der Waals surface area contributed by atoms with Crippen LogP contribution < -0.4 is 15.0 Å². The average Bonchev–Trinajstić information content (AvgIpc) is 2.67. The minimum atomic E-state index is -0.493. The number of carbonyl (C=O) groups excluding carboxylic acids is 1. The second kappa shape index (κ2) is 8.24. The van der Waals surface area contributed by atoms with Gasteiger partial charge in [0.05, 0.1) is 13.2 Å². The molecule has 1 N–H and O–H groups in total. The summed E-state index contributed by atoms with van der Waals surface area (Å²) in [7, 11) is 1.62. The molecule has 0 radical (unpaired) electrons. The fourth-order valence-electron chi connectivity index (χ4n) is 3.35. The number of halogens is 1. The molecule has 1 saturated heterocycles. The smallest absolute Gasteiger partial charge is 0.318 e. The maximum atomic E-state index is 13.4. The number of rotatable bonds is 4. The number of nitrogens with zero attached hydrogens (tertiary/aromatic N) is 3. The van der Waals surface area contributed by atoms with Crippen molar-refractivity contribution in [3.05, 3.63) is 54.1 Å². The Balaban J connectivity index is 1.61. The van der Waals surface area contributed by atoms with Crippen LogP contribution in [0.1, 0.15) is 25.5 Å². The molecule has 2 aromatic rings. The van der Waals surface area contributed by atoms with Crippen molar-refractivity contribution >= 4 is 11.7 Å². The van der Waals surface area contributed by atoms with E-state index in [-0.39, 0.29) is 18.1 Å². The lowest BCUT2D eigenvalue weighted by Crippen LogP contribution is -2.56. The number of carbonyl (C=O) groups is 1. The number of hydrogen-bond acceptors (Lipinski definition) is 4. The van der Waals surface area contributed by atoms with E-state index in [1.54, 1.807) is 13.2 Å². The van der Waals surface area contributed by atoms with Crippen molar-refractivity contribution in [3.8, 4) is 5.75 Å². The van der Waals surface area contributed by atoms with Crippen LogP contribution in [0.2, 0.25) is 0 Å². The number of aromatic nitrogens is 1. The minimum Gasteiger partial charge on any atom is -0.497 e. The third-order valence-corrected chi connectivity index (χ3v) is 4.90. The van der Waals surface area contributed by atoms with Crippen LogP contribution in [-0.4, -0.2) is 48.7 Å². The summed E-state index contributed by atoms with van der Waals surface area (Å²) in [6.07, 6.45) is 1.46. The highest BCUT2D eigenvalue weighted by atomic mass is 19.1. The topological polar surface area (TPSA) is 57.7 Å². The van der Waals surface area contributed by atoms with Gasteiger partial charge in [-0.3, -0.25) is 0 Å². The number of benzene rings is 1. The molecule has 27 heavy (non-hydrogen) atoms. The SMILES string of the molecule is COc1cccc([C@@H](C)NC(=O)N2CCN(c3ccnc(F)c3)C[C@H]2C)c1. The van der Waals surface area contributed by atoms with Gasteiger partial charge in [0.2, 0.25) is 5.95 Å². The largest absolute Gasteiger partial charge is 0.497 e. The van der Waals surface area contributed by atoms with Crippen molar-refractivity contribution in [1.82, 2.24) is 15.2 Å². The highest BCUT2D eigenvalue weighted by molar-refractivity contribution is 5.75. The molecule has 144 valence electrons. The Morgan fingerprint density at radius 2 is 2.15 bits per heavy atom. The predicted octanol–water partition coefficient (Wildman–Crippen LogP) is 3.21. The monoisotopic (exact) mass is 372 g/mol. The summed E-state index contributed by atoms with van der Waals surface area (Å²) in [6.45, 7) is 5.81. The van der Waals surface area contributed by atoms with Gasteiger partial charge in [0.25, 0.3) is 0 Å². The van der Waals surface area contributed by atoms with E-state index in [0.717, 1.165) is 17.0 Å². The van der Waals surface area contributed by atoms with E-state index in [9.17, 15) is 9.18 Å². The van der Waals surface area contributed by atoms with Crippen LogP contribution in [0.4, 0.5) is 14.9 Å². The van der Waals surface area contributed by atoms with Gasteiger partial charge >= 0.3 is 6.03 Å². The zero-order chi connectivity index (χ0) is 19.4. The van der Waals surface area contributed by atoms with Gasteiger partial charge in [-0.05, 0) is 37.6 Å². The Morgan fingerprint density at radius 3 is 2.85 bits per heavy atom. The number of nitrogens with one attached hydrogen (secondary N) is 1. The Bertz CT molecular complexity index is 801. The Kier molecular flexibility index (Phi) is 5.78. The quantitative estimate of drug-likeness (QED) is 0.838. The van der Waals surface area contributed by atoms with Gasteiger partial charge in [0.1, 0.15) is 5.75 Å². The molecule has 0 unspecified atom stereocenters. The lowest BCUT2D eigenvalue weighted by atomic mass is 10.1.